The van der Waals surface area contributed by atoms with Gasteiger partial charge < -0.3 is 14.5 Å². The lowest BCUT2D eigenvalue weighted by molar-refractivity contribution is 0.0942. The Labute approximate surface area is 204 Å². The number of ether oxygens (including phenoxy) is 2. The van der Waals surface area contributed by atoms with E-state index in [1.165, 1.54) is 10.4 Å². The summed E-state index contributed by atoms with van der Waals surface area (Å²) in [6, 6.07) is 6.02. The van der Waals surface area contributed by atoms with E-state index < -0.39 is 0 Å². The molecule has 0 bridgehead atoms. The molecule has 3 aromatic rings. The van der Waals surface area contributed by atoms with Crippen molar-refractivity contribution >= 4 is 21.6 Å². The molecule has 34 heavy (non-hydrogen) atoms. The first-order valence-electron chi connectivity index (χ1n) is 12.2. The van der Waals surface area contributed by atoms with Crippen molar-refractivity contribution in [2.45, 2.75) is 45.7 Å². The van der Waals surface area contributed by atoms with Crippen LogP contribution in [0.5, 0.6) is 11.5 Å². The molecule has 0 saturated carbocycles. The van der Waals surface area contributed by atoms with Gasteiger partial charge in [-0.3, -0.25) is 14.6 Å². The summed E-state index contributed by atoms with van der Waals surface area (Å²) < 4.78 is 10.9. The van der Waals surface area contributed by atoms with E-state index in [1.807, 2.05) is 12.1 Å². The predicted octanol–water partition coefficient (Wildman–Crippen LogP) is 4.01. The Bertz CT molecular complexity index is 1230. The van der Waals surface area contributed by atoms with Crippen LogP contribution >= 0.6 is 11.3 Å². The lowest BCUT2D eigenvalue weighted by Crippen LogP contribution is -2.47. The Kier molecular flexibility index (Phi) is 6.64. The van der Waals surface area contributed by atoms with Crippen molar-refractivity contribution in [2.75, 3.05) is 40.4 Å². The SMILES string of the molecule is COc1ccc(OC)c(CN2CCN(C(C)c3nc4sc5c(c4c(=O)[nH]3)CCC(C)C5)CC2)c1. The standard InChI is InChI=1S/C26H34N4O3S/c1-16-5-7-20-22(13-16)34-26-23(20)25(31)27-24(28-26)17(2)30-11-9-29(10-12-30)15-18-14-19(32-3)6-8-21(18)33-4/h6,8,14,16-17H,5,7,9-13,15H2,1-4H3,(H,27,28,31). The van der Waals surface area contributed by atoms with Crippen molar-refractivity contribution in [2.24, 2.45) is 5.92 Å². The molecule has 0 spiro atoms. The van der Waals surface area contributed by atoms with Crippen molar-refractivity contribution in [3.8, 4) is 11.5 Å². The molecular formula is C26H34N4O3S. The maximum Gasteiger partial charge on any atom is 0.259 e. The summed E-state index contributed by atoms with van der Waals surface area (Å²) in [5.74, 6) is 3.20. The Morgan fingerprint density at radius 2 is 2.00 bits per heavy atom. The number of nitrogens with one attached hydrogen (secondary N) is 1. The van der Waals surface area contributed by atoms with E-state index in [4.69, 9.17) is 14.5 Å². The second-order valence-electron chi connectivity index (χ2n) is 9.65. The average molecular weight is 483 g/mol. The summed E-state index contributed by atoms with van der Waals surface area (Å²) in [4.78, 5) is 28.2. The van der Waals surface area contributed by atoms with Gasteiger partial charge in [0.2, 0.25) is 0 Å². The molecule has 1 fully saturated rings. The van der Waals surface area contributed by atoms with Crippen molar-refractivity contribution in [3.05, 3.63) is 50.4 Å². The molecule has 2 aliphatic rings. The van der Waals surface area contributed by atoms with E-state index >= 15 is 0 Å². The number of rotatable bonds is 6. The highest BCUT2D eigenvalue weighted by molar-refractivity contribution is 7.18. The topological polar surface area (TPSA) is 70.7 Å². The first-order chi connectivity index (χ1) is 16.5. The predicted molar refractivity (Wildman–Crippen MR) is 136 cm³/mol. The van der Waals surface area contributed by atoms with E-state index in [-0.39, 0.29) is 11.6 Å². The fraction of sp³-hybridized carbons (Fsp3) is 0.538. The smallest absolute Gasteiger partial charge is 0.259 e. The summed E-state index contributed by atoms with van der Waals surface area (Å²) in [5.41, 5.74) is 2.41. The molecule has 1 aliphatic carbocycles. The molecule has 1 saturated heterocycles. The maximum atomic E-state index is 13.0. The summed E-state index contributed by atoms with van der Waals surface area (Å²) >= 11 is 1.72. The lowest BCUT2D eigenvalue weighted by Gasteiger charge is -2.37. The fourth-order valence-electron chi connectivity index (χ4n) is 5.29. The van der Waals surface area contributed by atoms with Crippen LogP contribution in [0.3, 0.4) is 0 Å². The van der Waals surface area contributed by atoms with E-state index in [0.29, 0.717) is 5.92 Å². The van der Waals surface area contributed by atoms with E-state index in [9.17, 15) is 4.79 Å². The molecule has 7 nitrogen and oxygen atoms in total. The number of piperazine rings is 1. The third kappa shape index (κ3) is 4.46. The first kappa shape index (κ1) is 23.3. The summed E-state index contributed by atoms with van der Waals surface area (Å²) in [6.07, 6.45) is 3.22. The van der Waals surface area contributed by atoms with Gasteiger partial charge in [-0.15, -0.1) is 11.3 Å². The van der Waals surface area contributed by atoms with Crippen molar-refractivity contribution in [1.82, 2.24) is 19.8 Å². The van der Waals surface area contributed by atoms with Crippen LogP contribution in [-0.4, -0.2) is 60.2 Å². The van der Waals surface area contributed by atoms with E-state index in [2.05, 4.69) is 34.7 Å². The van der Waals surface area contributed by atoms with Crippen LogP contribution in [0.1, 0.15) is 48.1 Å². The van der Waals surface area contributed by atoms with Crippen LogP contribution in [0.2, 0.25) is 0 Å². The molecule has 2 unspecified atom stereocenters. The molecule has 0 amide bonds. The van der Waals surface area contributed by atoms with Gasteiger partial charge in [0, 0.05) is 43.2 Å². The maximum absolute atomic E-state index is 13.0. The van der Waals surface area contributed by atoms with Crippen LogP contribution in [0.25, 0.3) is 10.2 Å². The summed E-state index contributed by atoms with van der Waals surface area (Å²) in [6.45, 7) is 9.01. The van der Waals surface area contributed by atoms with Gasteiger partial charge in [0.05, 0.1) is 25.6 Å². The number of fused-ring (bicyclic) bond motifs is 3. The molecule has 0 radical (unpaired) electrons. The van der Waals surface area contributed by atoms with Gasteiger partial charge in [-0.2, -0.15) is 0 Å². The zero-order chi connectivity index (χ0) is 23.8. The molecule has 2 aromatic heterocycles. The zero-order valence-electron chi connectivity index (χ0n) is 20.5. The highest BCUT2D eigenvalue weighted by Crippen LogP contribution is 2.36. The molecular weight excluding hydrogens is 448 g/mol. The van der Waals surface area contributed by atoms with Crippen molar-refractivity contribution in [3.63, 3.8) is 0 Å². The van der Waals surface area contributed by atoms with Crippen LogP contribution in [0.15, 0.2) is 23.0 Å². The first-order valence-corrected chi connectivity index (χ1v) is 13.0. The van der Waals surface area contributed by atoms with Crippen LogP contribution in [0, 0.1) is 5.92 Å². The van der Waals surface area contributed by atoms with Gasteiger partial charge in [-0.25, -0.2) is 4.98 Å². The number of nitrogens with zero attached hydrogens (tertiary/aromatic N) is 3. The number of thiophene rings is 1. The molecule has 3 heterocycles. The fourth-order valence-corrected chi connectivity index (χ4v) is 6.68. The summed E-state index contributed by atoms with van der Waals surface area (Å²) in [7, 11) is 3.40. The number of aromatic amines is 1. The highest BCUT2D eigenvalue weighted by Gasteiger charge is 2.27. The third-order valence-electron chi connectivity index (χ3n) is 7.42. The minimum absolute atomic E-state index is 0.0302. The van der Waals surface area contributed by atoms with Crippen LogP contribution in [0.4, 0.5) is 0 Å². The normalized spacial score (nSPS) is 20.3. The molecule has 8 heteroatoms. The van der Waals surface area contributed by atoms with Gasteiger partial charge in [-0.1, -0.05) is 6.92 Å². The van der Waals surface area contributed by atoms with Gasteiger partial charge in [0.1, 0.15) is 22.2 Å². The number of methoxy groups -OCH3 is 2. The number of hydrogen-bond acceptors (Lipinski definition) is 7. The largest absolute Gasteiger partial charge is 0.497 e. The Hall–Kier alpha value is -2.42. The Morgan fingerprint density at radius 1 is 1.21 bits per heavy atom. The van der Waals surface area contributed by atoms with E-state index in [1.54, 1.807) is 25.6 Å². The zero-order valence-corrected chi connectivity index (χ0v) is 21.3. The second kappa shape index (κ2) is 9.68. The number of aromatic nitrogens is 2. The van der Waals surface area contributed by atoms with Gasteiger partial charge in [0.25, 0.3) is 5.56 Å². The molecule has 182 valence electrons. The molecule has 2 atom stereocenters. The van der Waals surface area contributed by atoms with E-state index in [0.717, 1.165) is 85.1 Å². The number of hydrogen-bond donors (Lipinski definition) is 1. The van der Waals surface area contributed by atoms with Gasteiger partial charge in [0.15, 0.2) is 0 Å². The van der Waals surface area contributed by atoms with Crippen molar-refractivity contribution in [1.29, 1.82) is 0 Å². The van der Waals surface area contributed by atoms with Crippen LogP contribution in [-0.2, 0) is 19.4 Å². The van der Waals surface area contributed by atoms with Gasteiger partial charge in [-0.05, 0) is 55.9 Å². The number of benzene rings is 1. The molecule has 5 rings (SSSR count). The number of aryl methyl sites for hydroxylation is 1. The van der Waals surface area contributed by atoms with Crippen molar-refractivity contribution < 1.29 is 9.47 Å². The summed E-state index contributed by atoms with van der Waals surface area (Å²) in [5, 5.41) is 0.833. The van der Waals surface area contributed by atoms with Gasteiger partial charge >= 0.3 is 0 Å². The Balaban J connectivity index is 1.28. The minimum Gasteiger partial charge on any atom is -0.497 e. The quantitative estimate of drug-likeness (QED) is 0.573. The third-order valence-corrected chi connectivity index (χ3v) is 8.56. The molecule has 1 aromatic carbocycles. The number of H-pyrrole nitrogens is 1. The minimum atomic E-state index is 0.0302. The van der Waals surface area contributed by atoms with Crippen LogP contribution < -0.4 is 15.0 Å². The monoisotopic (exact) mass is 482 g/mol. The second-order valence-corrected chi connectivity index (χ2v) is 10.7. The highest BCUT2D eigenvalue weighted by atomic mass is 32.1. The molecule has 1 N–H and O–H groups in total. The molecule has 1 aliphatic heterocycles. The average Bonchev–Trinajstić information content (AvgIpc) is 3.21. The lowest BCUT2D eigenvalue weighted by atomic mass is 9.89. The Morgan fingerprint density at radius 3 is 2.74 bits per heavy atom.